The highest BCUT2D eigenvalue weighted by Gasteiger charge is 2.14. The number of nitrogens with one attached hydrogen (secondary N) is 1. The second kappa shape index (κ2) is 7.96. The molecular weight excluding hydrogens is 449 g/mol. The maximum Gasteiger partial charge on any atom is 0.234 e. The maximum absolute atomic E-state index is 12.2. The summed E-state index contributed by atoms with van der Waals surface area (Å²) in [4.78, 5) is 12.2. The molecule has 0 saturated heterocycles. The highest BCUT2D eigenvalue weighted by atomic mass is 127. The standard InChI is InChI=1S/C17H16IN5OS/c1-11-5-3-8-15(12(11)2)23-17(20-21-22-23)25-10-16(24)19-14-7-4-6-13(18)9-14/h3-9H,10H2,1-2H3,(H,19,24). The molecule has 0 radical (unpaired) electrons. The number of thioether (sulfide) groups is 1. The lowest BCUT2D eigenvalue weighted by molar-refractivity contribution is -0.113. The van der Waals surface area contributed by atoms with E-state index in [2.05, 4.69) is 43.4 Å². The zero-order chi connectivity index (χ0) is 17.8. The Hall–Kier alpha value is -1.94. The lowest BCUT2D eigenvalue weighted by Gasteiger charge is -2.09. The third kappa shape index (κ3) is 4.37. The van der Waals surface area contributed by atoms with Gasteiger partial charge in [-0.05, 0) is 82.3 Å². The molecule has 25 heavy (non-hydrogen) atoms. The number of benzene rings is 2. The lowest BCUT2D eigenvalue weighted by atomic mass is 10.1. The van der Waals surface area contributed by atoms with Gasteiger partial charge in [0.25, 0.3) is 0 Å². The summed E-state index contributed by atoms with van der Waals surface area (Å²) in [6.07, 6.45) is 0. The zero-order valence-corrected chi connectivity index (χ0v) is 16.7. The fourth-order valence-electron chi connectivity index (χ4n) is 2.28. The fraction of sp³-hybridized carbons (Fsp3) is 0.176. The molecule has 128 valence electrons. The molecule has 6 nitrogen and oxygen atoms in total. The normalized spacial score (nSPS) is 10.7. The number of hydrogen-bond acceptors (Lipinski definition) is 5. The van der Waals surface area contributed by atoms with Crippen molar-refractivity contribution in [2.24, 2.45) is 0 Å². The highest BCUT2D eigenvalue weighted by Crippen LogP contribution is 2.22. The van der Waals surface area contributed by atoms with E-state index in [1.165, 1.54) is 17.3 Å². The van der Waals surface area contributed by atoms with Crippen LogP contribution in [0.1, 0.15) is 11.1 Å². The second-order valence-electron chi connectivity index (χ2n) is 5.44. The number of rotatable bonds is 5. The van der Waals surface area contributed by atoms with Crippen LogP contribution in [-0.2, 0) is 4.79 Å². The summed E-state index contributed by atoms with van der Waals surface area (Å²) < 4.78 is 2.74. The molecule has 0 saturated carbocycles. The number of nitrogens with zero attached hydrogens (tertiary/aromatic N) is 4. The number of halogens is 1. The van der Waals surface area contributed by atoms with Gasteiger partial charge >= 0.3 is 0 Å². The van der Waals surface area contributed by atoms with Gasteiger partial charge in [0.2, 0.25) is 11.1 Å². The molecule has 0 atom stereocenters. The Morgan fingerprint density at radius 3 is 2.84 bits per heavy atom. The predicted molar refractivity (Wildman–Crippen MR) is 107 cm³/mol. The van der Waals surface area contributed by atoms with Gasteiger partial charge in [-0.25, -0.2) is 0 Å². The minimum Gasteiger partial charge on any atom is -0.325 e. The SMILES string of the molecule is Cc1cccc(-n2nnnc2SCC(=O)Nc2cccc(I)c2)c1C. The van der Waals surface area contributed by atoms with Crippen LogP contribution in [0.3, 0.4) is 0 Å². The van der Waals surface area contributed by atoms with Crippen LogP contribution in [0.4, 0.5) is 5.69 Å². The van der Waals surface area contributed by atoms with Crippen LogP contribution in [0.2, 0.25) is 0 Å². The largest absolute Gasteiger partial charge is 0.325 e. The van der Waals surface area contributed by atoms with Gasteiger partial charge in [0.1, 0.15) is 0 Å². The molecule has 3 rings (SSSR count). The van der Waals surface area contributed by atoms with Crippen molar-refractivity contribution in [3.05, 3.63) is 57.2 Å². The Morgan fingerprint density at radius 1 is 1.24 bits per heavy atom. The van der Waals surface area contributed by atoms with Gasteiger partial charge in [-0.3, -0.25) is 4.79 Å². The number of aryl methyl sites for hydroxylation is 1. The van der Waals surface area contributed by atoms with Crippen LogP contribution in [0.5, 0.6) is 0 Å². The first-order valence-electron chi connectivity index (χ1n) is 7.58. The molecule has 0 spiro atoms. The van der Waals surface area contributed by atoms with E-state index in [1.807, 2.05) is 56.3 Å². The van der Waals surface area contributed by atoms with Crippen LogP contribution >= 0.6 is 34.4 Å². The van der Waals surface area contributed by atoms with E-state index in [4.69, 9.17) is 0 Å². The fourth-order valence-corrected chi connectivity index (χ4v) is 3.51. The molecule has 3 aromatic rings. The van der Waals surface area contributed by atoms with Crippen LogP contribution in [0.15, 0.2) is 47.6 Å². The van der Waals surface area contributed by atoms with Gasteiger partial charge in [-0.1, -0.05) is 30.0 Å². The average molecular weight is 465 g/mol. The second-order valence-corrected chi connectivity index (χ2v) is 7.63. The molecule has 0 fully saturated rings. The molecule has 0 bridgehead atoms. The third-order valence-corrected chi connectivity index (χ3v) is 5.28. The number of aromatic nitrogens is 4. The van der Waals surface area contributed by atoms with E-state index >= 15 is 0 Å². The maximum atomic E-state index is 12.2. The molecule has 0 unspecified atom stereocenters. The van der Waals surface area contributed by atoms with Gasteiger partial charge in [-0.15, -0.1) is 5.10 Å². The summed E-state index contributed by atoms with van der Waals surface area (Å²) in [5.74, 6) is 0.138. The lowest BCUT2D eigenvalue weighted by Crippen LogP contribution is -2.14. The van der Waals surface area contributed by atoms with Crippen molar-refractivity contribution in [3.8, 4) is 5.69 Å². The Morgan fingerprint density at radius 2 is 2.04 bits per heavy atom. The van der Waals surface area contributed by atoms with Crippen LogP contribution in [0.25, 0.3) is 5.69 Å². The Labute approximate surface area is 163 Å². The Kier molecular flexibility index (Phi) is 5.69. The first-order valence-corrected chi connectivity index (χ1v) is 9.64. The summed E-state index contributed by atoms with van der Waals surface area (Å²) in [5.41, 5.74) is 3.98. The molecule has 8 heteroatoms. The number of carbonyl (C=O) groups is 1. The quantitative estimate of drug-likeness (QED) is 0.461. The van der Waals surface area contributed by atoms with Crippen molar-refractivity contribution in [2.45, 2.75) is 19.0 Å². The van der Waals surface area contributed by atoms with E-state index in [1.54, 1.807) is 4.68 Å². The van der Waals surface area contributed by atoms with Crippen molar-refractivity contribution in [2.75, 3.05) is 11.1 Å². The van der Waals surface area contributed by atoms with Gasteiger partial charge in [0, 0.05) is 9.26 Å². The topological polar surface area (TPSA) is 72.7 Å². The number of carbonyl (C=O) groups excluding carboxylic acids is 1. The molecule has 0 aliphatic heterocycles. The number of amides is 1. The molecule has 0 aliphatic carbocycles. The molecule has 1 aromatic heterocycles. The smallest absolute Gasteiger partial charge is 0.234 e. The summed E-state index contributed by atoms with van der Waals surface area (Å²) in [6, 6.07) is 13.7. The molecule has 1 amide bonds. The van der Waals surface area contributed by atoms with E-state index in [0.717, 1.165) is 20.5 Å². The predicted octanol–water partition coefficient (Wildman–Crippen LogP) is 3.61. The van der Waals surface area contributed by atoms with E-state index in [9.17, 15) is 4.79 Å². The van der Waals surface area contributed by atoms with Gasteiger partial charge in [0.05, 0.1) is 11.4 Å². The summed E-state index contributed by atoms with van der Waals surface area (Å²) in [7, 11) is 0. The molecule has 0 aliphatic rings. The Bertz CT molecular complexity index is 912. The van der Waals surface area contributed by atoms with Gasteiger partial charge in [-0.2, -0.15) is 4.68 Å². The minimum absolute atomic E-state index is 0.0949. The van der Waals surface area contributed by atoms with Crippen molar-refractivity contribution in [1.29, 1.82) is 0 Å². The van der Waals surface area contributed by atoms with Crippen LogP contribution in [0, 0.1) is 17.4 Å². The van der Waals surface area contributed by atoms with Crippen LogP contribution < -0.4 is 5.32 Å². The molecular formula is C17H16IN5OS. The summed E-state index contributed by atoms with van der Waals surface area (Å²) in [5, 5.41) is 15.3. The third-order valence-electron chi connectivity index (χ3n) is 3.69. The van der Waals surface area contributed by atoms with Crippen molar-refractivity contribution < 1.29 is 4.79 Å². The van der Waals surface area contributed by atoms with E-state index in [0.29, 0.717) is 5.16 Å². The van der Waals surface area contributed by atoms with Crippen molar-refractivity contribution >= 4 is 45.9 Å². The number of anilines is 1. The summed E-state index contributed by atoms with van der Waals surface area (Å²) in [6.45, 7) is 4.08. The highest BCUT2D eigenvalue weighted by molar-refractivity contribution is 14.1. The number of hydrogen-bond donors (Lipinski definition) is 1. The minimum atomic E-state index is -0.0949. The first-order chi connectivity index (χ1) is 12.0. The number of tetrazole rings is 1. The molecule has 2 aromatic carbocycles. The van der Waals surface area contributed by atoms with Gasteiger partial charge in [0.15, 0.2) is 0 Å². The van der Waals surface area contributed by atoms with E-state index < -0.39 is 0 Å². The molecule has 1 heterocycles. The first kappa shape index (κ1) is 17.9. The van der Waals surface area contributed by atoms with E-state index in [-0.39, 0.29) is 11.7 Å². The Balaban J connectivity index is 1.69. The zero-order valence-electron chi connectivity index (χ0n) is 13.7. The molecule has 1 N–H and O–H groups in total. The van der Waals surface area contributed by atoms with Crippen molar-refractivity contribution in [1.82, 2.24) is 20.2 Å². The van der Waals surface area contributed by atoms with Gasteiger partial charge < -0.3 is 5.32 Å². The monoisotopic (exact) mass is 465 g/mol. The average Bonchev–Trinajstić information content (AvgIpc) is 3.04. The van der Waals surface area contributed by atoms with Crippen molar-refractivity contribution in [3.63, 3.8) is 0 Å². The summed E-state index contributed by atoms with van der Waals surface area (Å²) >= 11 is 3.52. The van der Waals surface area contributed by atoms with Crippen LogP contribution in [-0.4, -0.2) is 31.9 Å².